The number of amides is 1. The van der Waals surface area contributed by atoms with Gasteiger partial charge >= 0.3 is 5.97 Å². The summed E-state index contributed by atoms with van der Waals surface area (Å²) in [6.07, 6.45) is 4.17. The average Bonchev–Trinajstić information content (AvgIpc) is 3.13. The fraction of sp³-hybridized carbons (Fsp3) is 0.154. The molecule has 0 radical (unpaired) electrons. The van der Waals surface area contributed by atoms with Gasteiger partial charge in [0.05, 0.1) is 13.0 Å². The molecule has 0 saturated carbocycles. The van der Waals surface area contributed by atoms with Gasteiger partial charge in [0, 0.05) is 0 Å². The van der Waals surface area contributed by atoms with Gasteiger partial charge < -0.3 is 10.1 Å². The Kier molecular flexibility index (Phi) is 5.75. The minimum Gasteiger partial charge on any atom is -0.467 e. The molecule has 0 unspecified atom stereocenters. The first-order chi connectivity index (χ1) is 14.7. The Balaban J connectivity index is 1.56. The number of methoxy groups -OCH3 is 1. The van der Waals surface area contributed by atoms with E-state index in [4.69, 9.17) is 4.74 Å². The molecule has 0 aromatic heterocycles. The Morgan fingerprint density at radius 2 is 1.47 bits per heavy atom. The lowest BCUT2D eigenvalue weighted by Gasteiger charge is -2.19. The fourth-order valence-electron chi connectivity index (χ4n) is 3.95. The lowest BCUT2D eigenvalue weighted by molar-refractivity contribution is -0.145. The van der Waals surface area contributed by atoms with Crippen molar-refractivity contribution in [3.8, 4) is 11.1 Å². The molecule has 1 N–H and O–H groups in total. The molecular formula is C26H23NO3. The van der Waals surface area contributed by atoms with E-state index in [0.717, 1.165) is 27.8 Å². The smallest absolute Gasteiger partial charge is 0.328 e. The standard InChI is InChI=1S/C26H23NO3/c1-30-26(29)23(17-9-12-18-10-3-2-4-11-18)27-25(28)24-21-15-7-5-13-19(21)20-14-6-8-16-22(20)24/h2-16,23-24H,17H2,1H3,(H,27,28)/b12-9+/t23-/m0/s1. The lowest BCUT2D eigenvalue weighted by Crippen LogP contribution is -2.43. The number of fused-ring (bicyclic) bond motifs is 3. The predicted octanol–water partition coefficient (Wildman–Crippen LogP) is 4.56. The number of rotatable bonds is 6. The number of ether oxygens (including phenoxy) is 1. The molecule has 0 heterocycles. The first kappa shape index (κ1) is 19.6. The molecule has 1 aliphatic rings. The highest BCUT2D eigenvalue weighted by molar-refractivity contribution is 5.97. The Morgan fingerprint density at radius 3 is 2.07 bits per heavy atom. The summed E-state index contributed by atoms with van der Waals surface area (Å²) >= 11 is 0. The minimum atomic E-state index is -0.748. The highest BCUT2D eigenvalue weighted by atomic mass is 16.5. The van der Waals surface area contributed by atoms with Crippen LogP contribution in [0.5, 0.6) is 0 Å². The van der Waals surface area contributed by atoms with Crippen molar-refractivity contribution in [2.75, 3.05) is 7.11 Å². The van der Waals surface area contributed by atoms with Crippen molar-refractivity contribution in [3.63, 3.8) is 0 Å². The number of hydrogen-bond donors (Lipinski definition) is 1. The molecule has 1 aliphatic carbocycles. The Bertz CT molecular complexity index is 1040. The van der Waals surface area contributed by atoms with Gasteiger partial charge in [-0.05, 0) is 34.2 Å². The normalized spacial score (nSPS) is 13.5. The molecule has 30 heavy (non-hydrogen) atoms. The first-order valence-electron chi connectivity index (χ1n) is 9.97. The number of benzene rings is 3. The highest BCUT2D eigenvalue weighted by Gasteiger charge is 2.35. The van der Waals surface area contributed by atoms with E-state index in [-0.39, 0.29) is 5.91 Å². The van der Waals surface area contributed by atoms with Crippen LogP contribution < -0.4 is 5.32 Å². The summed E-state index contributed by atoms with van der Waals surface area (Å²) in [6, 6.07) is 24.9. The van der Waals surface area contributed by atoms with Gasteiger partial charge in [-0.15, -0.1) is 0 Å². The van der Waals surface area contributed by atoms with E-state index in [1.165, 1.54) is 7.11 Å². The molecule has 4 heteroatoms. The van der Waals surface area contributed by atoms with Gasteiger partial charge in [0.2, 0.25) is 5.91 Å². The van der Waals surface area contributed by atoms with Crippen molar-refractivity contribution in [3.05, 3.63) is 102 Å². The number of nitrogens with one attached hydrogen (secondary N) is 1. The van der Waals surface area contributed by atoms with E-state index in [1.54, 1.807) is 0 Å². The molecule has 1 amide bonds. The maximum atomic E-state index is 13.3. The van der Waals surface area contributed by atoms with E-state index >= 15 is 0 Å². The molecular weight excluding hydrogens is 374 g/mol. The second-order valence-electron chi connectivity index (χ2n) is 7.24. The zero-order valence-electron chi connectivity index (χ0n) is 16.7. The topological polar surface area (TPSA) is 55.4 Å². The third-order valence-electron chi connectivity index (χ3n) is 5.38. The highest BCUT2D eigenvalue weighted by Crippen LogP contribution is 2.44. The van der Waals surface area contributed by atoms with Crippen LogP contribution in [0.3, 0.4) is 0 Å². The summed E-state index contributed by atoms with van der Waals surface area (Å²) in [6.45, 7) is 0. The SMILES string of the molecule is COC(=O)[C@H](C/C=C/c1ccccc1)NC(=O)C1c2ccccc2-c2ccccc21. The van der Waals surface area contributed by atoms with Gasteiger partial charge in [-0.25, -0.2) is 4.79 Å². The average molecular weight is 397 g/mol. The number of hydrogen-bond acceptors (Lipinski definition) is 3. The van der Waals surface area contributed by atoms with Gasteiger partial charge in [0.25, 0.3) is 0 Å². The molecule has 3 aromatic rings. The molecule has 0 bridgehead atoms. The van der Waals surface area contributed by atoms with Crippen LogP contribution in [0.2, 0.25) is 0 Å². The molecule has 4 rings (SSSR count). The van der Waals surface area contributed by atoms with Gasteiger partial charge in [-0.3, -0.25) is 4.79 Å². The number of carbonyl (C=O) groups is 2. The molecule has 4 nitrogen and oxygen atoms in total. The summed E-state index contributed by atoms with van der Waals surface area (Å²) in [5.74, 6) is -1.10. The lowest BCUT2D eigenvalue weighted by atomic mass is 9.95. The molecule has 0 aliphatic heterocycles. The van der Waals surface area contributed by atoms with Gasteiger partial charge in [0.15, 0.2) is 0 Å². The summed E-state index contributed by atoms with van der Waals surface area (Å²) in [4.78, 5) is 25.6. The van der Waals surface area contributed by atoms with Crippen LogP contribution in [0.1, 0.15) is 29.0 Å². The monoisotopic (exact) mass is 397 g/mol. The first-order valence-corrected chi connectivity index (χ1v) is 9.97. The maximum absolute atomic E-state index is 13.3. The summed E-state index contributed by atoms with van der Waals surface area (Å²) in [5, 5.41) is 2.91. The zero-order valence-corrected chi connectivity index (χ0v) is 16.7. The van der Waals surface area contributed by atoms with Gasteiger partial charge in [-0.2, -0.15) is 0 Å². The maximum Gasteiger partial charge on any atom is 0.328 e. The molecule has 150 valence electrons. The largest absolute Gasteiger partial charge is 0.467 e. The summed E-state index contributed by atoms with van der Waals surface area (Å²) in [5.41, 5.74) is 5.07. The summed E-state index contributed by atoms with van der Waals surface area (Å²) in [7, 11) is 1.34. The second kappa shape index (κ2) is 8.78. The minimum absolute atomic E-state index is 0.198. The van der Waals surface area contributed by atoms with Crippen LogP contribution in [0, 0.1) is 0 Å². The van der Waals surface area contributed by atoms with Crippen LogP contribution >= 0.6 is 0 Å². The zero-order chi connectivity index (χ0) is 20.9. The molecule has 1 atom stereocenters. The fourth-order valence-corrected chi connectivity index (χ4v) is 3.95. The summed E-state index contributed by atoms with van der Waals surface area (Å²) < 4.78 is 4.93. The van der Waals surface area contributed by atoms with E-state index < -0.39 is 17.9 Å². The quantitative estimate of drug-likeness (QED) is 0.621. The van der Waals surface area contributed by atoms with E-state index in [2.05, 4.69) is 5.32 Å². The van der Waals surface area contributed by atoms with Crippen LogP contribution in [0.4, 0.5) is 0 Å². The molecule has 3 aromatic carbocycles. The number of esters is 1. The third kappa shape index (κ3) is 3.90. The van der Waals surface area contributed by atoms with E-state index in [9.17, 15) is 9.59 Å². The molecule has 0 saturated heterocycles. The molecule has 0 spiro atoms. The number of carbonyl (C=O) groups excluding carboxylic acids is 2. The van der Waals surface area contributed by atoms with Gasteiger partial charge in [0.1, 0.15) is 6.04 Å². The van der Waals surface area contributed by atoms with Crippen LogP contribution in [-0.4, -0.2) is 25.0 Å². The molecule has 0 fully saturated rings. The van der Waals surface area contributed by atoms with E-state index in [1.807, 2.05) is 91.0 Å². The van der Waals surface area contributed by atoms with Crippen molar-refractivity contribution in [1.29, 1.82) is 0 Å². The van der Waals surface area contributed by atoms with Crippen molar-refractivity contribution in [2.45, 2.75) is 18.4 Å². The Labute approximate surface area is 176 Å². The third-order valence-corrected chi connectivity index (χ3v) is 5.38. The Hall–Kier alpha value is -3.66. The van der Waals surface area contributed by atoms with Crippen LogP contribution in [0.15, 0.2) is 84.9 Å². The van der Waals surface area contributed by atoms with Crippen molar-refractivity contribution in [1.82, 2.24) is 5.32 Å². The van der Waals surface area contributed by atoms with Crippen molar-refractivity contribution in [2.24, 2.45) is 0 Å². The second-order valence-corrected chi connectivity index (χ2v) is 7.24. The van der Waals surface area contributed by atoms with Gasteiger partial charge in [-0.1, -0.05) is 91.0 Å². The predicted molar refractivity (Wildman–Crippen MR) is 118 cm³/mol. The van der Waals surface area contributed by atoms with E-state index in [0.29, 0.717) is 6.42 Å². The van der Waals surface area contributed by atoms with Crippen LogP contribution in [-0.2, 0) is 14.3 Å². The van der Waals surface area contributed by atoms with Crippen LogP contribution in [0.25, 0.3) is 17.2 Å². The van der Waals surface area contributed by atoms with Crippen molar-refractivity contribution < 1.29 is 14.3 Å². The Morgan fingerprint density at radius 1 is 0.900 bits per heavy atom. The van der Waals surface area contributed by atoms with Crippen molar-refractivity contribution >= 4 is 18.0 Å².